The van der Waals surface area contributed by atoms with Crippen molar-refractivity contribution in [2.75, 3.05) is 52.3 Å². The van der Waals surface area contributed by atoms with Crippen LogP contribution in [0, 0.1) is 5.92 Å². The molecule has 1 aromatic rings. The highest BCUT2D eigenvalue weighted by Gasteiger charge is 2.23. The minimum atomic E-state index is -0.476. The number of aliphatic imine (C=N–C) groups is 1. The third kappa shape index (κ3) is 7.01. The van der Waals surface area contributed by atoms with E-state index in [1.807, 2.05) is 24.3 Å². The van der Waals surface area contributed by atoms with Crippen LogP contribution in [0.25, 0.3) is 0 Å². The van der Waals surface area contributed by atoms with Crippen molar-refractivity contribution in [3.8, 4) is 0 Å². The first-order chi connectivity index (χ1) is 13.5. The lowest BCUT2D eigenvalue weighted by molar-refractivity contribution is 0.00752. The molecule has 3 N–H and O–H groups in total. The van der Waals surface area contributed by atoms with Gasteiger partial charge in [0.1, 0.15) is 0 Å². The van der Waals surface area contributed by atoms with Gasteiger partial charge in [-0.05, 0) is 23.6 Å². The molecule has 2 rings (SSSR count). The number of carbonyl (C=O) groups is 1. The third-order valence-corrected chi connectivity index (χ3v) is 4.83. The molecule has 8 nitrogen and oxygen atoms in total. The minimum Gasteiger partial charge on any atom is -0.453 e. The smallest absolute Gasteiger partial charge is 0.411 e. The van der Waals surface area contributed by atoms with E-state index >= 15 is 0 Å². The molecule has 156 valence electrons. The maximum atomic E-state index is 11.2. The first-order valence-corrected chi connectivity index (χ1v) is 9.73. The summed E-state index contributed by atoms with van der Waals surface area (Å²) in [7, 11) is 3.12. The number of morpholine rings is 1. The molecule has 1 aliphatic heterocycles. The van der Waals surface area contributed by atoms with E-state index in [1.54, 1.807) is 7.05 Å². The highest BCUT2D eigenvalue weighted by molar-refractivity contribution is 5.84. The molecule has 0 bridgehead atoms. The zero-order valence-corrected chi connectivity index (χ0v) is 17.3. The average Bonchev–Trinajstić information content (AvgIpc) is 2.72. The fourth-order valence-corrected chi connectivity index (χ4v) is 3.18. The molecule has 1 saturated heterocycles. The minimum absolute atomic E-state index is 0.436. The predicted molar refractivity (Wildman–Crippen MR) is 112 cm³/mol. The summed E-state index contributed by atoms with van der Waals surface area (Å²) >= 11 is 0. The van der Waals surface area contributed by atoms with Crippen LogP contribution in [0.1, 0.15) is 19.4 Å². The highest BCUT2D eigenvalue weighted by atomic mass is 16.5. The molecule has 1 aliphatic rings. The van der Waals surface area contributed by atoms with Gasteiger partial charge in [0, 0.05) is 45.0 Å². The van der Waals surface area contributed by atoms with Crippen LogP contribution in [-0.4, -0.2) is 70.0 Å². The van der Waals surface area contributed by atoms with Crippen LogP contribution in [0.4, 0.5) is 10.5 Å². The fraction of sp³-hybridized carbons (Fsp3) is 0.600. The number of amides is 1. The quantitative estimate of drug-likeness (QED) is 0.486. The fourth-order valence-electron chi connectivity index (χ4n) is 3.18. The summed E-state index contributed by atoms with van der Waals surface area (Å²) in [5.41, 5.74) is 1.79. The van der Waals surface area contributed by atoms with Gasteiger partial charge >= 0.3 is 6.09 Å². The Hall–Kier alpha value is -2.32. The summed E-state index contributed by atoms with van der Waals surface area (Å²) in [5, 5.41) is 9.42. The second kappa shape index (κ2) is 11.5. The maximum Gasteiger partial charge on any atom is 0.411 e. The number of nitrogens with one attached hydrogen (secondary N) is 3. The SMILES string of the molecule is CN=C(NCc1ccc(NC(=O)OC)cc1)NCC(C(C)C)N1CCOCC1. The van der Waals surface area contributed by atoms with E-state index in [1.165, 1.54) is 7.11 Å². The van der Waals surface area contributed by atoms with E-state index in [9.17, 15) is 4.79 Å². The third-order valence-electron chi connectivity index (χ3n) is 4.83. The van der Waals surface area contributed by atoms with E-state index < -0.39 is 6.09 Å². The number of hydrogen-bond acceptors (Lipinski definition) is 5. The first-order valence-electron chi connectivity index (χ1n) is 9.73. The van der Waals surface area contributed by atoms with Gasteiger partial charge in [0.15, 0.2) is 5.96 Å². The summed E-state index contributed by atoms with van der Waals surface area (Å²) in [5.74, 6) is 1.31. The number of rotatable bonds is 7. The molecule has 0 saturated carbocycles. The van der Waals surface area contributed by atoms with E-state index in [4.69, 9.17) is 4.74 Å². The summed E-state index contributed by atoms with van der Waals surface area (Å²) in [6, 6.07) is 8.03. The molecule has 0 radical (unpaired) electrons. The van der Waals surface area contributed by atoms with Gasteiger partial charge in [-0.25, -0.2) is 4.79 Å². The van der Waals surface area contributed by atoms with Crippen LogP contribution >= 0.6 is 0 Å². The number of guanidine groups is 1. The molecule has 8 heteroatoms. The number of methoxy groups -OCH3 is 1. The molecule has 1 fully saturated rings. The standard InChI is InChI=1S/C20H33N5O3/c1-15(2)18(25-9-11-28-12-10-25)14-23-19(21-3)22-13-16-5-7-17(8-6-16)24-20(26)27-4/h5-8,15,18H,9-14H2,1-4H3,(H,24,26)(H2,21,22,23). The van der Waals surface area contributed by atoms with Crippen molar-refractivity contribution in [3.05, 3.63) is 29.8 Å². The van der Waals surface area contributed by atoms with Crippen molar-refractivity contribution in [1.82, 2.24) is 15.5 Å². The van der Waals surface area contributed by atoms with E-state index in [-0.39, 0.29) is 0 Å². The van der Waals surface area contributed by atoms with Crippen molar-refractivity contribution in [2.45, 2.75) is 26.4 Å². The summed E-state index contributed by atoms with van der Waals surface area (Å²) in [4.78, 5) is 18.0. The van der Waals surface area contributed by atoms with E-state index in [2.05, 4.69) is 44.4 Å². The monoisotopic (exact) mass is 391 g/mol. The van der Waals surface area contributed by atoms with Gasteiger partial charge in [-0.1, -0.05) is 26.0 Å². The Kier molecular flexibility index (Phi) is 9.03. The zero-order chi connectivity index (χ0) is 20.4. The Morgan fingerprint density at radius 2 is 1.89 bits per heavy atom. The molecule has 1 amide bonds. The first kappa shape index (κ1) is 22.0. The average molecular weight is 392 g/mol. The molecule has 1 unspecified atom stereocenters. The van der Waals surface area contributed by atoms with Gasteiger partial charge in [-0.15, -0.1) is 0 Å². The number of carbonyl (C=O) groups excluding carboxylic acids is 1. The van der Waals surface area contributed by atoms with Crippen LogP contribution in [0.2, 0.25) is 0 Å². The molecule has 0 aliphatic carbocycles. The number of ether oxygens (including phenoxy) is 2. The Morgan fingerprint density at radius 3 is 2.46 bits per heavy atom. The Bertz CT molecular complexity index is 627. The van der Waals surface area contributed by atoms with Gasteiger partial charge in [0.2, 0.25) is 0 Å². The van der Waals surface area contributed by atoms with Gasteiger partial charge < -0.3 is 20.1 Å². The Labute approximate surface area is 167 Å². The lowest BCUT2D eigenvalue weighted by Crippen LogP contribution is -2.52. The predicted octanol–water partition coefficient (Wildman–Crippen LogP) is 1.89. The Morgan fingerprint density at radius 1 is 1.21 bits per heavy atom. The van der Waals surface area contributed by atoms with Crippen molar-refractivity contribution in [1.29, 1.82) is 0 Å². The van der Waals surface area contributed by atoms with Gasteiger partial charge in [0.25, 0.3) is 0 Å². The number of anilines is 1. The molecule has 1 heterocycles. The molecule has 1 aromatic carbocycles. The van der Waals surface area contributed by atoms with Crippen molar-refractivity contribution >= 4 is 17.7 Å². The van der Waals surface area contributed by atoms with Crippen LogP contribution in [0.15, 0.2) is 29.3 Å². The normalized spacial score (nSPS) is 16.5. The maximum absolute atomic E-state index is 11.2. The highest BCUT2D eigenvalue weighted by Crippen LogP contribution is 2.12. The van der Waals surface area contributed by atoms with Crippen LogP contribution in [0.3, 0.4) is 0 Å². The van der Waals surface area contributed by atoms with Crippen molar-refractivity contribution < 1.29 is 14.3 Å². The van der Waals surface area contributed by atoms with Gasteiger partial charge in [-0.3, -0.25) is 15.2 Å². The van der Waals surface area contributed by atoms with Crippen molar-refractivity contribution in [2.24, 2.45) is 10.9 Å². The second-order valence-electron chi connectivity index (χ2n) is 7.08. The second-order valence-corrected chi connectivity index (χ2v) is 7.08. The molecule has 0 aromatic heterocycles. The summed E-state index contributed by atoms with van der Waals surface area (Å²) < 4.78 is 10.1. The zero-order valence-electron chi connectivity index (χ0n) is 17.3. The van der Waals surface area contributed by atoms with Crippen LogP contribution in [-0.2, 0) is 16.0 Å². The number of benzene rings is 1. The largest absolute Gasteiger partial charge is 0.453 e. The van der Waals surface area contributed by atoms with Gasteiger partial charge in [-0.2, -0.15) is 0 Å². The molecular weight excluding hydrogens is 358 g/mol. The topological polar surface area (TPSA) is 87.2 Å². The lowest BCUT2D eigenvalue weighted by atomic mass is 10.0. The molecule has 28 heavy (non-hydrogen) atoms. The van der Waals surface area contributed by atoms with Gasteiger partial charge in [0.05, 0.1) is 20.3 Å². The molecule has 0 spiro atoms. The van der Waals surface area contributed by atoms with Crippen LogP contribution in [0.5, 0.6) is 0 Å². The number of nitrogens with zero attached hydrogens (tertiary/aromatic N) is 2. The van der Waals surface area contributed by atoms with E-state index in [0.29, 0.717) is 24.2 Å². The number of hydrogen-bond donors (Lipinski definition) is 3. The lowest BCUT2D eigenvalue weighted by Gasteiger charge is -2.37. The van der Waals surface area contributed by atoms with Crippen molar-refractivity contribution in [3.63, 3.8) is 0 Å². The summed E-state index contributed by atoms with van der Waals surface area (Å²) in [6.45, 7) is 9.53. The van der Waals surface area contributed by atoms with Crippen LogP contribution < -0.4 is 16.0 Å². The molecule has 1 atom stereocenters. The molecular formula is C20H33N5O3. The van der Waals surface area contributed by atoms with E-state index in [0.717, 1.165) is 44.4 Å². The summed E-state index contributed by atoms with van der Waals surface area (Å²) in [6.07, 6.45) is -0.476. The Balaban J connectivity index is 1.82.